The number of nitrogens with one attached hydrogen (secondary N) is 1. The summed E-state index contributed by atoms with van der Waals surface area (Å²) in [6.45, 7) is 3.19. The third-order valence-corrected chi connectivity index (χ3v) is 4.06. The van der Waals surface area contributed by atoms with Gasteiger partial charge in [0.25, 0.3) is 5.91 Å². The lowest BCUT2D eigenvalue weighted by Gasteiger charge is -2.07. The number of nitrogens with zero attached hydrogens (tertiary/aromatic N) is 4. The zero-order chi connectivity index (χ0) is 16.7. The Balaban J connectivity index is 1.42. The Morgan fingerprint density at radius 1 is 1.33 bits per heavy atom. The van der Waals surface area contributed by atoms with Gasteiger partial charge in [0, 0.05) is 19.2 Å². The van der Waals surface area contributed by atoms with E-state index >= 15 is 0 Å². The summed E-state index contributed by atoms with van der Waals surface area (Å²) in [7, 11) is 1.89. The van der Waals surface area contributed by atoms with Crippen molar-refractivity contribution in [3.8, 4) is 11.5 Å². The third-order valence-electron chi connectivity index (χ3n) is 4.06. The Labute approximate surface area is 138 Å². The van der Waals surface area contributed by atoms with Gasteiger partial charge in [-0.1, -0.05) is 0 Å². The third kappa shape index (κ3) is 2.36. The van der Waals surface area contributed by atoms with Crippen LogP contribution in [-0.4, -0.2) is 38.8 Å². The fourth-order valence-electron chi connectivity index (χ4n) is 2.90. The zero-order valence-corrected chi connectivity index (χ0v) is 13.4. The minimum atomic E-state index is -0.153. The number of aromatic nitrogens is 4. The number of amides is 1. The predicted molar refractivity (Wildman–Crippen MR) is 86.1 cm³/mol. The second-order valence-corrected chi connectivity index (χ2v) is 5.63. The standard InChI is InChI=1S/C16H17N5O3/c1-10-15-12(20(2)19-10)8-18-21(15)6-5-17-16(22)11-3-4-13-14(7-11)24-9-23-13/h3-4,7-8H,5-6,9H2,1-2H3,(H,17,22). The van der Waals surface area contributed by atoms with E-state index in [1.165, 1.54) is 0 Å². The van der Waals surface area contributed by atoms with Crippen LogP contribution in [0.15, 0.2) is 24.4 Å². The maximum Gasteiger partial charge on any atom is 0.251 e. The maximum absolute atomic E-state index is 12.3. The molecule has 3 heterocycles. The van der Waals surface area contributed by atoms with Crippen molar-refractivity contribution in [2.75, 3.05) is 13.3 Å². The second kappa shape index (κ2) is 5.55. The highest BCUT2D eigenvalue weighted by molar-refractivity contribution is 5.94. The van der Waals surface area contributed by atoms with Gasteiger partial charge in [-0.3, -0.25) is 14.2 Å². The van der Waals surface area contributed by atoms with Gasteiger partial charge in [0.2, 0.25) is 6.79 Å². The van der Waals surface area contributed by atoms with Crippen LogP contribution in [0.1, 0.15) is 16.1 Å². The average molecular weight is 327 g/mol. The van der Waals surface area contributed by atoms with E-state index in [4.69, 9.17) is 9.47 Å². The van der Waals surface area contributed by atoms with Crippen molar-refractivity contribution in [1.82, 2.24) is 24.9 Å². The van der Waals surface area contributed by atoms with E-state index in [0.29, 0.717) is 30.2 Å². The van der Waals surface area contributed by atoms with Gasteiger partial charge in [0.05, 0.1) is 18.4 Å². The van der Waals surface area contributed by atoms with Crippen molar-refractivity contribution in [3.05, 3.63) is 35.7 Å². The lowest BCUT2D eigenvalue weighted by atomic mass is 10.2. The molecule has 1 aromatic carbocycles. The minimum Gasteiger partial charge on any atom is -0.454 e. The number of rotatable bonds is 4. The van der Waals surface area contributed by atoms with Gasteiger partial charge in [-0.05, 0) is 25.1 Å². The largest absolute Gasteiger partial charge is 0.454 e. The van der Waals surface area contributed by atoms with Crippen LogP contribution in [0.4, 0.5) is 0 Å². The van der Waals surface area contributed by atoms with Crippen LogP contribution in [0.2, 0.25) is 0 Å². The predicted octanol–water partition coefficient (Wildman–Crippen LogP) is 1.24. The Morgan fingerprint density at radius 3 is 3.04 bits per heavy atom. The highest BCUT2D eigenvalue weighted by atomic mass is 16.7. The van der Waals surface area contributed by atoms with Crippen molar-refractivity contribution < 1.29 is 14.3 Å². The molecule has 8 heteroatoms. The van der Waals surface area contributed by atoms with Gasteiger partial charge in [-0.15, -0.1) is 0 Å². The first-order chi connectivity index (χ1) is 11.6. The minimum absolute atomic E-state index is 0.153. The summed E-state index contributed by atoms with van der Waals surface area (Å²) in [5, 5.41) is 11.6. The normalized spacial score (nSPS) is 12.8. The molecule has 1 amide bonds. The molecule has 124 valence electrons. The molecule has 0 fully saturated rings. The Kier molecular flexibility index (Phi) is 3.37. The number of ether oxygens (including phenoxy) is 2. The monoisotopic (exact) mass is 327 g/mol. The first-order valence-corrected chi connectivity index (χ1v) is 7.66. The number of benzene rings is 1. The van der Waals surface area contributed by atoms with E-state index < -0.39 is 0 Å². The summed E-state index contributed by atoms with van der Waals surface area (Å²) < 4.78 is 14.2. The molecular weight excluding hydrogens is 310 g/mol. The molecule has 2 aromatic heterocycles. The number of hydrogen-bond acceptors (Lipinski definition) is 5. The van der Waals surface area contributed by atoms with Crippen LogP contribution >= 0.6 is 0 Å². The molecule has 0 spiro atoms. The van der Waals surface area contributed by atoms with Gasteiger partial charge in [-0.25, -0.2) is 0 Å². The molecule has 0 radical (unpaired) electrons. The molecule has 1 aliphatic heterocycles. The van der Waals surface area contributed by atoms with Crippen LogP contribution in [0.25, 0.3) is 11.0 Å². The second-order valence-electron chi connectivity index (χ2n) is 5.63. The van der Waals surface area contributed by atoms with Gasteiger partial charge in [-0.2, -0.15) is 10.2 Å². The van der Waals surface area contributed by atoms with Crippen LogP contribution < -0.4 is 14.8 Å². The smallest absolute Gasteiger partial charge is 0.251 e. The van der Waals surface area contributed by atoms with Crippen molar-refractivity contribution in [2.45, 2.75) is 13.5 Å². The Bertz CT molecular complexity index is 927. The SMILES string of the molecule is Cc1nn(C)c2cnn(CCNC(=O)c3ccc4c(c3)OCO4)c12. The van der Waals surface area contributed by atoms with Gasteiger partial charge >= 0.3 is 0 Å². The Hall–Kier alpha value is -3.03. The summed E-state index contributed by atoms with van der Waals surface area (Å²) >= 11 is 0. The van der Waals surface area contributed by atoms with Crippen LogP contribution in [-0.2, 0) is 13.6 Å². The average Bonchev–Trinajstić information content (AvgIpc) is 3.25. The number of fused-ring (bicyclic) bond motifs is 2. The van der Waals surface area contributed by atoms with Gasteiger partial charge < -0.3 is 14.8 Å². The van der Waals surface area contributed by atoms with Crippen LogP contribution in [0.3, 0.4) is 0 Å². The molecule has 4 rings (SSSR count). The number of carbonyl (C=O) groups is 1. The van der Waals surface area contributed by atoms with Crippen molar-refractivity contribution in [2.24, 2.45) is 7.05 Å². The molecule has 0 saturated heterocycles. The van der Waals surface area contributed by atoms with E-state index in [2.05, 4.69) is 15.5 Å². The summed E-state index contributed by atoms with van der Waals surface area (Å²) in [5.41, 5.74) is 3.44. The zero-order valence-electron chi connectivity index (χ0n) is 13.4. The van der Waals surface area contributed by atoms with E-state index in [0.717, 1.165) is 16.7 Å². The summed E-state index contributed by atoms with van der Waals surface area (Å²) in [6.07, 6.45) is 1.79. The maximum atomic E-state index is 12.3. The van der Waals surface area contributed by atoms with Crippen LogP contribution in [0.5, 0.6) is 11.5 Å². The molecule has 3 aromatic rings. The molecule has 0 saturated carbocycles. The highest BCUT2D eigenvalue weighted by Gasteiger charge is 2.16. The molecule has 0 aliphatic carbocycles. The fraction of sp³-hybridized carbons (Fsp3) is 0.312. The molecule has 8 nitrogen and oxygen atoms in total. The molecule has 24 heavy (non-hydrogen) atoms. The first kappa shape index (κ1) is 14.6. The van der Waals surface area contributed by atoms with Crippen molar-refractivity contribution in [3.63, 3.8) is 0 Å². The number of carbonyl (C=O) groups excluding carboxylic acids is 1. The fourth-order valence-corrected chi connectivity index (χ4v) is 2.90. The van der Waals surface area contributed by atoms with Crippen molar-refractivity contribution in [1.29, 1.82) is 0 Å². The molecule has 0 bridgehead atoms. The van der Waals surface area contributed by atoms with E-state index in [1.54, 1.807) is 29.1 Å². The summed E-state index contributed by atoms with van der Waals surface area (Å²) in [5.74, 6) is 1.11. The molecule has 1 N–H and O–H groups in total. The molecule has 0 atom stereocenters. The lowest BCUT2D eigenvalue weighted by molar-refractivity contribution is 0.0951. The summed E-state index contributed by atoms with van der Waals surface area (Å²) in [4.78, 5) is 12.3. The molecular formula is C16H17N5O3. The van der Waals surface area contributed by atoms with E-state index in [1.807, 2.05) is 18.7 Å². The topological polar surface area (TPSA) is 83.2 Å². The first-order valence-electron chi connectivity index (χ1n) is 7.66. The summed E-state index contributed by atoms with van der Waals surface area (Å²) in [6, 6.07) is 5.16. The van der Waals surface area contributed by atoms with Gasteiger partial charge in [0.15, 0.2) is 11.5 Å². The number of aryl methyl sites for hydroxylation is 2. The van der Waals surface area contributed by atoms with Crippen molar-refractivity contribution >= 4 is 16.9 Å². The van der Waals surface area contributed by atoms with Crippen LogP contribution in [0, 0.1) is 6.92 Å². The highest BCUT2D eigenvalue weighted by Crippen LogP contribution is 2.32. The Morgan fingerprint density at radius 2 is 2.17 bits per heavy atom. The van der Waals surface area contributed by atoms with Gasteiger partial charge in [0.1, 0.15) is 11.0 Å². The number of hydrogen-bond donors (Lipinski definition) is 1. The quantitative estimate of drug-likeness (QED) is 0.779. The van der Waals surface area contributed by atoms with E-state index in [-0.39, 0.29) is 12.7 Å². The lowest BCUT2D eigenvalue weighted by Crippen LogP contribution is -2.27. The molecule has 0 unspecified atom stereocenters. The van der Waals surface area contributed by atoms with E-state index in [9.17, 15) is 4.79 Å². The molecule has 1 aliphatic rings.